The van der Waals surface area contributed by atoms with Crippen LogP contribution in [0.5, 0.6) is 0 Å². The topological polar surface area (TPSA) is 64.9 Å². The van der Waals surface area contributed by atoms with Crippen molar-refractivity contribution in [1.82, 2.24) is 4.98 Å². The summed E-state index contributed by atoms with van der Waals surface area (Å²) in [6.07, 6.45) is -2.53. The molecule has 1 heterocycles. The minimum absolute atomic E-state index is 0.0899. The van der Waals surface area contributed by atoms with Crippen LogP contribution >= 0.6 is 0 Å². The molecule has 1 rings (SSSR count). The molecule has 0 bridgehead atoms. The molecule has 0 aromatic carbocycles. The average Bonchev–Trinajstić information content (AvgIpc) is 2.09. The lowest BCUT2D eigenvalue weighted by Gasteiger charge is -2.08. The summed E-state index contributed by atoms with van der Waals surface area (Å²) in [5.41, 5.74) is 11.3. The van der Waals surface area contributed by atoms with E-state index in [1.807, 2.05) is 0 Å². The van der Waals surface area contributed by atoms with Gasteiger partial charge in [0, 0.05) is 17.7 Å². The summed E-state index contributed by atoms with van der Waals surface area (Å²) in [7, 11) is 0. The monoisotopic (exact) mass is 187 g/mol. The molecule has 0 unspecified atom stereocenters. The van der Waals surface area contributed by atoms with E-state index in [1.165, 1.54) is 13.0 Å². The lowest BCUT2D eigenvalue weighted by Crippen LogP contribution is -2.06. The molecule has 0 radical (unpaired) electrons. The van der Waals surface area contributed by atoms with Gasteiger partial charge in [-0.25, -0.2) is 13.8 Å². The van der Waals surface area contributed by atoms with Crippen LogP contribution in [0.1, 0.15) is 23.2 Å². The van der Waals surface area contributed by atoms with Gasteiger partial charge in [0.2, 0.25) is 0 Å². The number of pyridine rings is 1. The van der Waals surface area contributed by atoms with Crippen LogP contribution in [0.3, 0.4) is 0 Å². The number of hydrogen-bond acceptors (Lipinski definition) is 3. The van der Waals surface area contributed by atoms with Crippen molar-refractivity contribution in [2.45, 2.75) is 19.9 Å². The Morgan fingerprint density at radius 1 is 1.54 bits per heavy atom. The predicted octanol–water partition coefficient (Wildman–Crippen LogP) is 1.37. The van der Waals surface area contributed by atoms with Crippen molar-refractivity contribution in [2.75, 3.05) is 5.73 Å². The van der Waals surface area contributed by atoms with E-state index in [0.29, 0.717) is 11.3 Å². The van der Waals surface area contributed by atoms with E-state index in [2.05, 4.69) is 4.98 Å². The van der Waals surface area contributed by atoms with Gasteiger partial charge in [-0.3, -0.25) is 0 Å². The first-order valence-corrected chi connectivity index (χ1v) is 3.80. The zero-order valence-corrected chi connectivity index (χ0v) is 7.22. The Balaban J connectivity index is 3.25. The fourth-order valence-electron chi connectivity index (χ4n) is 1.04. The van der Waals surface area contributed by atoms with Gasteiger partial charge in [-0.1, -0.05) is 0 Å². The number of nitrogens with zero attached hydrogens (tertiary/aromatic N) is 1. The molecule has 0 amide bonds. The van der Waals surface area contributed by atoms with E-state index in [1.54, 1.807) is 0 Å². The van der Waals surface area contributed by atoms with Crippen molar-refractivity contribution in [3.8, 4) is 0 Å². The Morgan fingerprint density at radius 2 is 2.15 bits per heavy atom. The standard InChI is InChI=1S/C8H11F2N3/c1-4-6(7(9)10)2-5(3-11)13-8(4)12/h2,7H,3,11H2,1H3,(H2,12,13). The van der Waals surface area contributed by atoms with Crippen molar-refractivity contribution < 1.29 is 8.78 Å². The van der Waals surface area contributed by atoms with Gasteiger partial charge >= 0.3 is 0 Å². The van der Waals surface area contributed by atoms with Gasteiger partial charge in [0.25, 0.3) is 6.43 Å². The second-order valence-electron chi connectivity index (χ2n) is 2.72. The lowest BCUT2D eigenvalue weighted by molar-refractivity contribution is 0.150. The van der Waals surface area contributed by atoms with Crippen molar-refractivity contribution >= 4 is 5.82 Å². The van der Waals surface area contributed by atoms with Gasteiger partial charge in [-0.05, 0) is 13.0 Å². The molecule has 72 valence electrons. The first-order chi connectivity index (χ1) is 6.06. The fourth-order valence-corrected chi connectivity index (χ4v) is 1.04. The van der Waals surface area contributed by atoms with Crippen LogP contribution in [-0.2, 0) is 6.54 Å². The zero-order chi connectivity index (χ0) is 10.0. The van der Waals surface area contributed by atoms with E-state index in [-0.39, 0.29) is 17.9 Å². The maximum atomic E-state index is 12.4. The summed E-state index contributed by atoms with van der Waals surface area (Å²) < 4.78 is 24.8. The third kappa shape index (κ3) is 1.92. The first kappa shape index (κ1) is 9.85. The summed E-state index contributed by atoms with van der Waals surface area (Å²) in [4.78, 5) is 3.85. The van der Waals surface area contributed by atoms with Gasteiger partial charge in [0.15, 0.2) is 0 Å². The Bertz CT molecular complexity index is 313. The largest absolute Gasteiger partial charge is 0.383 e. The molecule has 4 N–H and O–H groups in total. The Morgan fingerprint density at radius 3 is 2.62 bits per heavy atom. The minimum Gasteiger partial charge on any atom is -0.383 e. The molecule has 0 spiro atoms. The Labute approximate surface area is 74.8 Å². The Kier molecular flexibility index (Phi) is 2.77. The molecule has 0 saturated heterocycles. The molecule has 13 heavy (non-hydrogen) atoms. The van der Waals surface area contributed by atoms with Gasteiger partial charge in [-0.2, -0.15) is 0 Å². The number of rotatable bonds is 2. The number of halogens is 2. The van der Waals surface area contributed by atoms with E-state index in [0.717, 1.165) is 0 Å². The maximum absolute atomic E-state index is 12.4. The molecular weight excluding hydrogens is 176 g/mol. The summed E-state index contributed by atoms with van der Waals surface area (Å²) in [5.74, 6) is 0.123. The lowest BCUT2D eigenvalue weighted by atomic mass is 10.1. The second kappa shape index (κ2) is 3.66. The van der Waals surface area contributed by atoms with Gasteiger partial charge in [0.1, 0.15) is 5.82 Å². The van der Waals surface area contributed by atoms with E-state index >= 15 is 0 Å². The summed E-state index contributed by atoms with van der Waals surface area (Å²) >= 11 is 0. The fraction of sp³-hybridized carbons (Fsp3) is 0.375. The minimum atomic E-state index is -2.53. The molecule has 0 aliphatic heterocycles. The molecular formula is C8H11F2N3. The third-order valence-corrected chi connectivity index (χ3v) is 1.85. The predicted molar refractivity (Wildman–Crippen MR) is 46.2 cm³/mol. The molecule has 0 atom stereocenters. The number of aromatic nitrogens is 1. The summed E-state index contributed by atoms with van der Waals surface area (Å²) in [6, 6.07) is 1.29. The molecule has 1 aromatic rings. The zero-order valence-electron chi connectivity index (χ0n) is 7.22. The van der Waals surface area contributed by atoms with Gasteiger partial charge < -0.3 is 11.5 Å². The van der Waals surface area contributed by atoms with E-state index in [4.69, 9.17) is 11.5 Å². The highest BCUT2D eigenvalue weighted by Crippen LogP contribution is 2.25. The van der Waals surface area contributed by atoms with Crippen LogP contribution < -0.4 is 11.5 Å². The third-order valence-electron chi connectivity index (χ3n) is 1.85. The first-order valence-electron chi connectivity index (χ1n) is 3.80. The number of alkyl halides is 2. The van der Waals surface area contributed by atoms with Crippen molar-refractivity contribution in [2.24, 2.45) is 5.73 Å². The van der Waals surface area contributed by atoms with Crippen LogP contribution in [0.15, 0.2) is 6.07 Å². The van der Waals surface area contributed by atoms with Crippen molar-refractivity contribution in [3.05, 3.63) is 22.9 Å². The van der Waals surface area contributed by atoms with Crippen LogP contribution in [-0.4, -0.2) is 4.98 Å². The van der Waals surface area contributed by atoms with Gasteiger partial charge in [-0.15, -0.1) is 0 Å². The van der Waals surface area contributed by atoms with Crippen LogP contribution in [0.2, 0.25) is 0 Å². The molecule has 0 fully saturated rings. The summed E-state index contributed by atoms with van der Waals surface area (Å²) in [6.45, 7) is 1.63. The number of nitrogens with two attached hydrogens (primary N) is 2. The maximum Gasteiger partial charge on any atom is 0.264 e. The number of anilines is 1. The average molecular weight is 187 g/mol. The van der Waals surface area contributed by atoms with Crippen LogP contribution in [0.25, 0.3) is 0 Å². The molecule has 3 nitrogen and oxygen atoms in total. The highest BCUT2D eigenvalue weighted by molar-refractivity contribution is 5.45. The Hall–Kier alpha value is -1.23. The molecule has 5 heteroatoms. The summed E-state index contributed by atoms with van der Waals surface area (Å²) in [5, 5.41) is 0. The number of hydrogen-bond donors (Lipinski definition) is 2. The highest BCUT2D eigenvalue weighted by Gasteiger charge is 2.14. The van der Waals surface area contributed by atoms with Crippen molar-refractivity contribution in [1.29, 1.82) is 0 Å². The highest BCUT2D eigenvalue weighted by atomic mass is 19.3. The van der Waals surface area contributed by atoms with E-state index < -0.39 is 6.43 Å². The smallest absolute Gasteiger partial charge is 0.264 e. The van der Waals surface area contributed by atoms with Crippen molar-refractivity contribution in [3.63, 3.8) is 0 Å². The molecule has 1 aromatic heterocycles. The van der Waals surface area contributed by atoms with Crippen LogP contribution in [0.4, 0.5) is 14.6 Å². The normalized spacial score (nSPS) is 10.8. The quantitative estimate of drug-likeness (QED) is 0.734. The van der Waals surface area contributed by atoms with E-state index in [9.17, 15) is 8.78 Å². The number of nitrogen functional groups attached to an aromatic ring is 1. The second-order valence-corrected chi connectivity index (χ2v) is 2.72. The van der Waals surface area contributed by atoms with Crippen LogP contribution in [0, 0.1) is 6.92 Å². The molecule has 0 aliphatic rings. The molecule has 0 saturated carbocycles. The van der Waals surface area contributed by atoms with Gasteiger partial charge in [0.05, 0.1) is 5.69 Å². The molecule has 0 aliphatic carbocycles. The SMILES string of the molecule is Cc1c(C(F)F)cc(CN)nc1N.